The number of carbonyl (C=O) groups is 2. The molecule has 1 saturated heterocycles. The van der Waals surface area contributed by atoms with Gasteiger partial charge in [-0.3, -0.25) is 14.5 Å². The summed E-state index contributed by atoms with van der Waals surface area (Å²) in [6.07, 6.45) is 1.40. The molecule has 1 aromatic carbocycles. The minimum Gasteiger partial charge on any atom is -0.486 e. The van der Waals surface area contributed by atoms with Crippen LogP contribution in [-0.4, -0.2) is 42.6 Å². The topological polar surface area (TPSA) is 80.8 Å². The van der Waals surface area contributed by atoms with Crippen molar-refractivity contribution in [1.82, 2.24) is 10.3 Å². The average Bonchev–Trinajstić information content (AvgIpc) is 3.28. The minimum absolute atomic E-state index is 0.102. The van der Waals surface area contributed by atoms with Crippen LogP contribution in [0, 0.1) is 0 Å². The van der Waals surface area contributed by atoms with Crippen molar-refractivity contribution in [3.63, 3.8) is 0 Å². The molecule has 7 nitrogen and oxygen atoms in total. The van der Waals surface area contributed by atoms with Gasteiger partial charge < -0.3 is 14.8 Å². The van der Waals surface area contributed by atoms with E-state index in [1.54, 1.807) is 4.90 Å². The Morgan fingerprint density at radius 3 is 3.00 bits per heavy atom. The quantitative estimate of drug-likeness (QED) is 0.864. The summed E-state index contributed by atoms with van der Waals surface area (Å²) < 4.78 is 11.5. The number of rotatable bonds is 5. The van der Waals surface area contributed by atoms with E-state index in [-0.39, 0.29) is 24.3 Å². The Kier molecular flexibility index (Phi) is 4.75. The Bertz CT molecular complexity index is 822. The smallest absolute Gasteiger partial charge is 0.228 e. The van der Waals surface area contributed by atoms with E-state index in [0.717, 1.165) is 12.2 Å². The summed E-state index contributed by atoms with van der Waals surface area (Å²) in [7, 11) is 0. The number of ether oxygens (including phenoxy) is 2. The van der Waals surface area contributed by atoms with E-state index in [9.17, 15) is 9.59 Å². The first-order valence-electron chi connectivity index (χ1n) is 8.59. The van der Waals surface area contributed by atoms with Gasteiger partial charge in [-0.2, -0.15) is 0 Å². The van der Waals surface area contributed by atoms with Gasteiger partial charge in [-0.05, 0) is 18.6 Å². The van der Waals surface area contributed by atoms with Crippen LogP contribution in [0.3, 0.4) is 0 Å². The average molecular weight is 373 g/mol. The molecule has 4 rings (SSSR count). The largest absolute Gasteiger partial charge is 0.486 e. The standard InChI is InChI=1S/C18H19N3O4S/c22-16(8-12-11-26-18(20-12)21-7-3-6-17(21)23)19-9-13-10-24-14-4-1-2-5-15(14)25-13/h1-2,4-5,11,13H,3,6-10H2,(H,19,22). The molecular formula is C18H19N3O4S. The van der Waals surface area contributed by atoms with Crippen molar-refractivity contribution >= 4 is 28.3 Å². The van der Waals surface area contributed by atoms with E-state index >= 15 is 0 Å². The molecule has 1 unspecified atom stereocenters. The molecule has 2 aliphatic heterocycles. The summed E-state index contributed by atoms with van der Waals surface area (Å²) in [5.41, 5.74) is 0.674. The molecule has 2 aliphatic rings. The highest BCUT2D eigenvalue weighted by Crippen LogP contribution is 2.30. The zero-order chi connectivity index (χ0) is 17.9. The number of thiazole rings is 1. The number of aromatic nitrogens is 1. The predicted octanol–water partition coefficient (Wildman–Crippen LogP) is 1.77. The molecule has 0 radical (unpaired) electrons. The maximum Gasteiger partial charge on any atom is 0.228 e. The van der Waals surface area contributed by atoms with Crippen LogP contribution in [0.4, 0.5) is 5.13 Å². The summed E-state index contributed by atoms with van der Waals surface area (Å²) in [6.45, 7) is 1.47. The Morgan fingerprint density at radius 2 is 2.19 bits per heavy atom. The molecule has 8 heteroatoms. The van der Waals surface area contributed by atoms with Gasteiger partial charge in [0, 0.05) is 18.3 Å². The van der Waals surface area contributed by atoms with Crippen molar-refractivity contribution < 1.29 is 19.1 Å². The van der Waals surface area contributed by atoms with Crippen LogP contribution in [0.5, 0.6) is 11.5 Å². The number of hydrogen-bond donors (Lipinski definition) is 1. The number of anilines is 1. The molecule has 2 aromatic rings. The summed E-state index contributed by atoms with van der Waals surface area (Å²) in [5, 5.41) is 5.37. The molecule has 1 N–H and O–H groups in total. The fourth-order valence-corrected chi connectivity index (χ4v) is 3.84. The fourth-order valence-electron chi connectivity index (χ4n) is 2.97. The van der Waals surface area contributed by atoms with Crippen molar-refractivity contribution in [2.45, 2.75) is 25.4 Å². The van der Waals surface area contributed by atoms with Crippen LogP contribution >= 0.6 is 11.3 Å². The van der Waals surface area contributed by atoms with E-state index in [4.69, 9.17) is 9.47 Å². The minimum atomic E-state index is -0.220. The molecule has 0 saturated carbocycles. The molecule has 0 bridgehead atoms. The lowest BCUT2D eigenvalue weighted by Gasteiger charge is -2.26. The Labute approximate surface area is 154 Å². The third kappa shape index (κ3) is 3.65. The van der Waals surface area contributed by atoms with Crippen LogP contribution in [0.15, 0.2) is 29.6 Å². The highest BCUT2D eigenvalue weighted by atomic mass is 32.1. The van der Waals surface area contributed by atoms with Gasteiger partial charge in [0.1, 0.15) is 12.7 Å². The molecule has 26 heavy (non-hydrogen) atoms. The van der Waals surface area contributed by atoms with Gasteiger partial charge in [0.2, 0.25) is 11.8 Å². The maximum absolute atomic E-state index is 12.2. The van der Waals surface area contributed by atoms with Gasteiger partial charge in [0.25, 0.3) is 0 Å². The first-order chi connectivity index (χ1) is 12.7. The number of nitrogens with one attached hydrogen (secondary N) is 1. The SMILES string of the molecule is O=C(Cc1csc(N2CCCC2=O)n1)NCC1COc2ccccc2O1. The number of carbonyl (C=O) groups excluding carboxylic acids is 2. The molecule has 1 aromatic heterocycles. The Hall–Kier alpha value is -2.61. The van der Waals surface area contributed by atoms with Crippen LogP contribution in [-0.2, 0) is 16.0 Å². The van der Waals surface area contributed by atoms with Crippen LogP contribution in [0.25, 0.3) is 0 Å². The van der Waals surface area contributed by atoms with Crippen molar-refractivity contribution in [3.05, 3.63) is 35.3 Å². The van der Waals surface area contributed by atoms with Crippen molar-refractivity contribution in [3.8, 4) is 11.5 Å². The van der Waals surface area contributed by atoms with Crippen molar-refractivity contribution in [2.24, 2.45) is 0 Å². The second kappa shape index (κ2) is 7.33. The fraction of sp³-hybridized carbons (Fsp3) is 0.389. The van der Waals surface area contributed by atoms with E-state index in [1.807, 2.05) is 29.6 Å². The van der Waals surface area contributed by atoms with Gasteiger partial charge >= 0.3 is 0 Å². The molecule has 1 atom stereocenters. The molecular weight excluding hydrogens is 354 g/mol. The summed E-state index contributed by atoms with van der Waals surface area (Å²) in [6, 6.07) is 7.48. The van der Waals surface area contributed by atoms with Crippen LogP contribution in [0.1, 0.15) is 18.5 Å². The highest BCUT2D eigenvalue weighted by Gasteiger charge is 2.25. The molecule has 2 amide bonds. The Morgan fingerprint density at radius 1 is 1.35 bits per heavy atom. The predicted molar refractivity (Wildman–Crippen MR) is 96.8 cm³/mol. The molecule has 136 valence electrons. The monoisotopic (exact) mass is 373 g/mol. The lowest BCUT2D eigenvalue weighted by atomic mass is 10.2. The summed E-state index contributed by atoms with van der Waals surface area (Å²) >= 11 is 1.40. The highest BCUT2D eigenvalue weighted by molar-refractivity contribution is 7.14. The van der Waals surface area contributed by atoms with E-state index in [1.165, 1.54) is 11.3 Å². The first kappa shape index (κ1) is 16.8. The molecule has 3 heterocycles. The number of fused-ring (bicyclic) bond motifs is 1. The van der Waals surface area contributed by atoms with Crippen molar-refractivity contribution in [2.75, 3.05) is 24.6 Å². The first-order valence-corrected chi connectivity index (χ1v) is 9.47. The third-order valence-corrected chi connectivity index (χ3v) is 5.19. The lowest BCUT2D eigenvalue weighted by Crippen LogP contribution is -2.41. The van der Waals surface area contributed by atoms with Gasteiger partial charge in [-0.15, -0.1) is 11.3 Å². The molecule has 1 fully saturated rings. The summed E-state index contributed by atoms with van der Waals surface area (Å²) in [4.78, 5) is 30.0. The molecule has 0 aliphatic carbocycles. The molecule has 0 spiro atoms. The Balaban J connectivity index is 1.27. The van der Waals surface area contributed by atoms with E-state index < -0.39 is 0 Å². The van der Waals surface area contributed by atoms with E-state index in [0.29, 0.717) is 42.7 Å². The van der Waals surface area contributed by atoms with Crippen LogP contribution in [0.2, 0.25) is 0 Å². The van der Waals surface area contributed by atoms with Gasteiger partial charge in [0.05, 0.1) is 18.7 Å². The van der Waals surface area contributed by atoms with Crippen LogP contribution < -0.4 is 19.7 Å². The third-order valence-electron chi connectivity index (χ3n) is 4.28. The zero-order valence-electron chi connectivity index (χ0n) is 14.1. The van der Waals surface area contributed by atoms with E-state index in [2.05, 4.69) is 10.3 Å². The van der Waals surface area contributed by atoms with Crippen molar-refractivity contribution in [1.29, 1.82) is 0 Å². The van der Waals surface area contributed by atoms with Gasteiger partial charge in [-0.1, -0.05) is 12.1 Å². The number of benzene rings is 1. The number of hydrogen-bond acceptors (Lipinski definition) is 6. The maximum atomic E-state index is 12.2. The summed E-state index contributed by atoms with van der Waals surface area (Å²) in [5.74, 6) is 1.39. The number of amides is 2. The van der Waals surface area contributed by atoms with Gasteiger partial charge in [0.15, 0.2) is 16.6 Å². The lowest BCUT2D eigenvalue weighted by molar-refractivity contribution is -0.121. The number of nitrogens with zero attached hydrogens (tertiary/aromatic N) is 2. The number of para-hydroxylation sites is 2. The second-order valence-corrected chi connectivity index (χ2v) is 7.09. The normalized spacial score (nSPS) is 18.8. The second-order valence-electron chi connectivity index (χ2n) is 6.25. The zero-order valence-corrected chi connectivity index (χ0v) is 15.0. The van der Waals surface area contributed by atoms with Gasteiger partial charge in [-0.25, -0.2) is 4.98 Å².